The predicted octanol–water partition coefficient (Wildman–Crippen LogP) is 3.75. The Balaban J connectivity index is 0. The molecule has 1 heteroatoms. The van der Waals surface area contributed by atoms with Crippen LogP contribution in [-0.4, -0.2) is 6.61 Å². The van der Waals surface area contributed by atoms with Crippen molar-refractivity contribution in [3.63, 3.8) is 0 Å². The Morgan fingerprint density at radius 1 is 1.00 bits per heavy atom. The van der Waals surface area contributed by atoms with Crippen molar-refractivity contribution in [2.45, 2.75) is 47.0 Å². The molecule has 0 aliphatic carbocycles. The largest absolute Gasteiger partial charge is 0.502 e. The summed E-state index contributed by atoms with van der Waals surface area (Å²) in [5.74, 6) is 0. The number of rotatable bonds is 0. The highest BCUT2D eigenvalue weighted by atomic mass is 16.5. The first-order valence-corrected chi connectivity index (χ1v) is 4.77. The van der Waals surface area contributed by atoms with Gasteiger partial charge in [-0.25, -0.2) is 0 Å². The molecule has 0 aromatic heterocycles. The summed E-state index contributed by atoms with van der Waals surface area (Å²) >= 11 is 0. The average Bonchev–Trinajstić information content (AvgIpc) is 2.42. The molecule has 68 valence electrons. The molecule has 0 saturated carbocycles. The van der Waals surface area contributed by atoms with E-state index in [4.69, 9.17) is 4.74 Å². The van der Waals surface area contributed by atoms with E-state index >= 15 is 0 Å². The monoisotopic (exact) mass is 158 g/mol. The summed E-state index contributed by atoms with van der Waals surface area (Å²) in [5, 5.41) is 0. The second-order valence-electron chi connectivity index (χ2n) is 1.74. The molecule has 0 radical (unpaired) electrons. The predicted molar refractivity (Wildman–Crippen MR) is 51.6 cm³/mol. The molecule has 0 spiro atoms. The van der Waals surface area contributed by atoms with Crippen LogP contribution in [0.15, 0.2) is 12.3 Å². The fourth-order valence-corrected chi connectivity index (χ4v) is 0.652. The van der Waals surface area contributed by atoms with Crippen LogP contribution < -0.4 is 0 Å². The third-order valence-corrected chi connectivity index (χ3v) is 1.08. The Morgan fingerprint density at radius 3 is 2.27 bits per heavy atom. The van der Waals surface area contributed by atoms with E-state index in [-0.39, 0.29) is 0 Å². The van der Waals surface area contributed by atoms with E-state index < -0.39 is 0 Å². The zero-order valence-electron chi connectivity index (χ0n) is 8.39. The highest BCUT2D eigenvalue weighted by molar-refractivity contribution is 4.75. The van der Waals surface area contributed by atoms with Gasteiger partial charge in [0.1, 0.15) is 0 Å². The van der Waals surface area contributed by atoms with E-state index in [0.29, 0.717) is 0 Å². The van der Waals surface area contributed by atoms with E-state index in [1.807, 2.05) is 27.7 Å². The van der Waals surface area contributed by atoms with Gasteiger partial charge in [0.05, 0.1) is 12.9 Å². The zero-order valence-corrected chi connectivity index (χ0v) is 8.39. The summed E-state index contributed by atoms with van der Waals surface area (Å²) in [6.07, 6.45) is 7.57. The first-order valence-electron chi connectivity index (χ1n) is 4.77. The highest BCUT2D eigenvalue weighted by Crippen LogP contribution is 2.01. The summed E-state index contributed by atoms with van der Waals surface area (Å²) in [6.45, 7) is 8.91. The van der Waals surface area contributed by atoms with Crippen LogP contribution in [0.25, 0.3) is 0 Å². The Morgan fingerprint density at radius 2 is 1.64 bits per heavy atom. The second kappa shape index (κ2) is 16.3. The number of allylic oxidation sites excluding steroid dienone is 1. The van der Waals surface area contributed by atoms with Gasteiger partial charge in [0.2, 0.25) is 0 Å². The molecule has 0 amide bonds. The summed E-state index contributed by atoms with van der Waals surface area (Å²) in [6, 6.07) is 0. The van der Waals surface area contributed by atoms with E-state index in [1.54, 1.807) is 6.26 Å². The normalized spacial score (nSPS) is 14.2. The average molecular weight is 158 g/mol. The molecule has 1 aliphatic rings. The lowest BCUT2D eigenvalue weighted by atomic mass is 10.2. The van der Waals surface area contributed by atoms with Gasteiger partial charge in [0.25, 0.3) is 0 Å². The molecule has 1 aliphatic heterocycles. The number of hydrogen-bond acceptors (Lipinski definition) is 1. The van der Waals surface area contributed by atoms with Gasteiger partial charge in [-0.05, 0) is 25.3 Å². The molecule has 0 bridgehead atoms. The first-order chi connectivity index (χ1) is 5.50. The molecule has 11 heavy (non-hydrogen) atoms. The second-order valence-corrected chi connectivity index (χ2v) is 1.74. The third kappa shape index (κ3) is 12.7. The molecule has 0 aromatic carbocycles. The van der Waals surface area contributed by atoms with Crippen LogP contribution >= 0.6 is 0 Å². The number of ether oxygens (including phenoxy) is 1. The molecule has 1 heterocycles. The Hall–Kier alpha value is -0.460. The fourth-order valence-electron chi connectivity index (χ4n) is 0.652. The lowest BCUT2D eigenvalue weighted by Gasteiger charge is -1.91. The minimum atomic E-state index is 0.913. The summed E-state index contributed by atoms with van der Waals surface area (Å²) in [7, 11) is 0. The van der Waals surface area contributed by atoms with Crippen molar-refractivity contribution in [2.75, 3.05) is 6.61 Å². The van der Waals surface area contributed by atoms with E-state index in [2.05, 4.69) is 6.08 Å². The van der Waals surface area contributed by atoms with Crippen molar-refractivity contribution in [1.82, 2.24) is 0 Å². The van der Waals surface area contributed by atoms with Crippen LogP contribution in [0.1, 0.15) is 47.0 Å². The highest BCUT2D eigenvalue weighted by Gasteiger charge is 1.88. The Labute approximate surface area is 71.5 Å². The van der Waals surface area contributed by atoms with Crippen LogP contribution in [-0.2, 0) is 4.74 Å². The lowest BCUT2D eigenvalue weighted by molar-refractivity contribution is 0.249. The molecule has 0 fully saturated rings. The molecule has 0 atom stereocenters. The molecule has 0 N–H and O–H groups in total. The van der Waals surface area contributed by atoms with Gasteiger partial charge in [-0.3, -0.25) is 0 Å². The summed E-state index contributed by atoms with van der Waals surface area (Å²) < 4.78 is 5.01. The van der Waals surface area contributed by atoms with Gasteiger partial charge in [0.15, 0.2) is 0 Å². The molecule has 1 nitrogen and oxygen atoms in total. The minimum Gasteiger partial charge on any atom is -0.502 e. The Kier molecular flexibility index (Phi) is 19.5. The standard InChI is InChI=1S/C6H10O.2C2H6/c1-2-4-6-7-5-3-1;2*1-2/h3,5H,1-2,4,6H2;2*1-2H3. The van der Waals surface area contributed by atoms with E-state index in [0.717, 1.165) is 6.61 Å². The maximum Gasteiger partial charge on any atom is 0.0873 e. The van der Waals surface area contributed by atoms with Gasteiger partial charge in [0, 0.05) is 0 Å². The summed E-state index contributed by atoms with van der Waals surface area (Å²) in [4.78, 5) is 0. The van der Waals surface area contributed by atoms with Crippen molar-refractivity contribution in [1.29, 1.82) is 0 Å². The van der Waals surface area contributed by atoms with Crippen molar-refractivity contribution < 1.29 is 4.74 Å². The van der Waals surface area contributed by atoms with Crippen LogP contribution in [0.3, 0.4) is 0 Å². The minimum absolute atomic E-state index is 0.913. The van der Waals surface area contributed by atoms with Gasteiger partial charge >= 0.3 is 0 Å². The van der Waals surface area contributed by atoms with Gasteiger partial charge in [-0.15, -0.1) is 0 Å². The molecule has 0 unspecified atom stereocenters. The topological polar surface area (TPSA) is 9.23 Å². The van der Waals surface area contributed by atoms with Crippen molar-refractivity contribution in [3.8, 4) is 0 Å². The van der Waals surface area contributed by atoms with Crippen LogP contribution in [0.2, 0.25) is 0 Å². The van der Waals surface area contributed by atoms with Crippen LogP contribution in [0, 0.1) is 0 Å². The lowest BCUT2D eigenvalue weighted by Crippen LogP contribution is -1.81. The fraction of sp³-hybridized carbons (Fsp3) is 0.800. The third-order valence-electron chi connectivity index (χ3n) is 1.08. The van der Waals surface area contributed by atoms with Crippen LogP contribution in [0.5, 0.6) is 0 Å². The van der Waals surface area contributed by atoms with Gasteiger partial charge in [-0.2, -0.15) is 0 Å². The Bertz CT molecular complexity index is 59.3. The maximum atomic E-state index is 5.01. The van der Waals surface area contributed by atoms with Gasteiger partial charge < -0.3 is 4.74 Å². The molecule has 1 rings (SSSR count). The van der Waals surface area contributed by atoms with Crippen LogP contribution in [0.4, 0.5) is 0 Å². The molecule has 0 aromatic rings. The molecular formula is C10H22O. The van der Waals surface area contributed by atoms with E-state index in [1.165, 1.54) is 19.3 Å². The number of hydrogen-bond donors (Lipinski definition) is 0. The molecular weight excluding hydrogens is 136 g/mol. The smallest absolute Gasteiger partial charge is 0.0873 e. The molecule has 0 saturated heterocycles. The first kappa shape index (κ1) is 13.2. The van der Waals surface area contributed by atoms with Crippen molar-refractivity contribution >= 4 is 0 Å². The summed E-state index contributed by atoms with van der Waals surface area (Å²) in [5.41, 5.74) is 0. The van der Waals surface area contributed by atoms with Crippen molar-refractivity contribution in [3.05, 3.63) is 12.3 Å². The SMILES string of the molecule is C1=COCCCC1.CC.CC. The maximum absolute atomic E-state index is 5.01. The van der Waals surface area contributed by atoms with Crippen molar-refractivity contribution in [2.24, 2.45) is 0 Å². The zero-order chi connectivity index (χ0) is 8.95. The quantitative estimate of drug-likeness (QED) is 0.521. The van der Waals surface area contributed by atoms with E-state index in [9.17, 15) is 0 Å². The van der Waals surface area contributed by atoms with Gasteiger partial charge in [-0.1, -0.05) is 27.7 Å².